The van der Waals surface area contributed by atoms with Crippen LogP contribution in [0.25, 0.3) is 22.0 Å². The van der Waals surface area contributed by atoms with Gasteiger partial charge in [0.1, 0.15) is 0 Å². The highest BCUT2D eigenvalue weighted by molar-refractivity contribution is 6.32. The molecule has 5 rings (SSSR count). The number of rotatable bonds is 5. The summed E-state index contributed by atoms with van der Waals surface area (Å²) in [7, 11) is 1.50. The van der Waals surface area contributed by atoms with E-state index in [0.717, 1.165) is 72.1 Å². The standard InChI is InChI=1S/C25H25ClN2O3/c1-31-22-13-17(12-20(26)25(22)30)16-7-8-21-18(11-16)23(28-9-3-2-4-10-28)19(14-27-21)24(29)15-5-6-15/h7-8,11-15,30H,2-6,9-10H2,1H3. The maximum absolute atomic E-state index is 13.1. The third-order valence-electron chi connectivity index (χ3n) is 6.31. The molecule has 31 heavy (non-hydrogen) atoms. The zero-order valence-electron chi connectivity index (χ0n) is 17.5. The molecule has 1 saturated carbocycles. The van der Waals surface area contributed by atoms with Crippen molar-refractivity contribution in [3.8, 4) is 22.6 Å². The third kappa shape index (κ3) is 3.72. The molecule has 2 heterocycles. The Morgan fingerprint density at radius 2 is 1.90 bits per heavy atom. The van der Waals surface area contributed by atoms with Crippen LogP contribution in [-0.4, -0.2) is 36.1 Å². The number of Topliss-reactive ketones (excluding diaryl/α,β-unsaturated/α-hetero) is 1. The molecule has 1 saturated heterocycles. The predicted molar refractivity (Wildman–Crippen MR) is 124 cm³/mol. The van der Waals surface area contributed by atoms with Gasteiger partial charge >= 0.3 is 0 Å². The van der Waals surface area contributed by atoms with E-state index in [-0.39, 0.29) is 22.5 Å². The Balaban J connectivity index is 1.69. The monoisotopic (exact) mass is 436 g/mol. The quantitative estimate of drug-likeness (QED) is 0.508. The Kier molecular flexibility index (Phi) is 5.22. The maximum atomic E-state index is 13.1. The molecular weight excluding hydrogens is 412 g/mol. The van der Waals surface area contributed by atoms with E-state index in [4.69, 9.17) is 16.3 Å². The first-order valence-corrected chi connectivity index (χ1v) is 11.2. The number of pyridine rings is 1. The van der Waals surface area contributed by atoms with Crippen LogP contribution in [0, 0.1) is 5.92 Å². The number of hydrogen-bond donors (Lipinski definition) is 1. The van der Waals surface area contributed by atoms with Crippen LogP contribution in [0.15, 0.2) is 36.5 Å². The van der Waals surface area contributed by atoms with Gasteiger partial charge in [-0.15, -0.1) is 0 Å². The number of methoxy groups -OCH3 is 1. The van der Waals surface area contributed by atoms with Crippen molar-refractivity contribution < 1.29 is 14.6 Å². The fourth-order valence-electron chi connectivity index (χ4n) is 4.46. The molecule has 1 aliphatic heterocycles. The van der Waals surface area contributed by atoms with Crippen molar-refractivity contribution in [3.05, 3.63) is 47.1 Å². The number of anilines is 1. The number of phenols is 1. The van der Waals surface area contributed by atoms with Crippen LogP contribution in [0.1, 0.15) is 42.5 Å². The topological polar surface area (TPSA) is 62.7 Å². The van der Waals surface area contributed by atoms with E-state index in [1.165, 1.54) is 13.5 Å². The number of piperidine rings is 1. The minimum absolute atomic E-state index is 0.0679. The van der Waals surface area contributed by atoms with Gasteiger partial charge in [0.05, 0.1) is 28.9 Å². The summed E-state index contributed by atoms with van der Waals surface area (Å²) in [6.45, 7) is 1.90. The molecule has 6 heteroatoms. The Bertz CT molecular complexity index is 1170. The molecule has 2 aliphatic rings. The van der Waals surface area contributed by atoms with Crippen LogP contribution in [0.5, 0.6) is 11.5 Å². The number of aromatic hydroxyl groups is 1. The molecule has 1 N–H and O–H groups in total. The van der Waals surface area contributed by atoms with Gasteiger partial charge in [-0.25, -0.2) is 0 Å². The minimum atomic E-state index is -0.0679. The fourth-order valence-corrected chi connectivity index (χ4v) is 4.67. The van der Waals surface area contributed by atoms with Crippen molar-refractivity contribution in [2.24, 2.45) is 5.92 Å². The van der Waals surface area contributed by atoms with Crippen molar-refractivity contribution in [1.29, 1.82) is 0 Å². The number of ether oxygens (including phenoxy) is 1. The SMILES string of the molecule is COc1cc(-c2ccc3ncc(C(=O)C4CC4)c(N4CCCCC4)c3c2)cc(Cl)c1O. The first-order chi connectivity index (χ1) is 15.1. The number of nitrogens with zero attached hydrogens (tertiary/aromatic N) is 2. The number of aromatic nitrogens is 1. The summed E-state index contributed by atoms with van der Waals surface area (Å²) in [5.41, 5.74) is 4.40. The zero-order chi connectivity index (χ0) is 21.5. The van der Waals surface area contributed by atoms with Crippen molar-refractivity contribution in [3.63, 3.8) is 0 Å². The van der Waals surface area contributed by atoms with Crippen LogP contribution < -0.4 is 9.64 Å². The number of halogens is 1. The number of fused-ring (bicyclic) bond motifs is 1. The molecule has 2 fully saturated rings. The van der Waals surface area contributed by atoms with Gasteiger partial charge in [0.25, 0.3) is 0 Å². The molecule has 3 aromatic rings. The summed E-state index contributed by atoms with van der Waals surface area (Å²) in [6, 6.07) is 9.55. The second kappa shape index (κ2) is 8.04. The van der Waals surface area contributed by atoms with Crippen molar-refractivity contribution in [2.45, 2.75) is 32.1 Å². The molecule has 1 aromatic heterocycles. The highest BCUT2D eigenvalue weighted by atomic mass is 35.5. The van der Waals surface area contributed by atoms with E-state index < -0.39 is 0 Å². The number of carbonyl (C=O) groups excluding carboxylic acids is 1. The van der Waals surface area contributed by atoms with Crippen molar-refractivity contribution >= 4 is 34.0 Å². The first kappa shape index (κ1) is 20.1. The molecule has 0 unspecified atom stereocenters. The Morgan fingerprint density at radius 1 is 1.13 bits per heavy atom. The smallest absolute Gasteiger partial charge is 0.176 e. The van der Waals surface area contributed by atoms with Crippen LogP contribution in [0.4, 0.5) is 5.69 Å². The van der Waals surface area contributed by atoms with Crippen LogP contribution in [0.2, 0.25) is 5.02 Å². The molecule has 0 radical (unpaired) electrons. The van der Waals surface area contributed by atoms with Gasteiger partial charge in [-0.05, 0) is 67.5 Å². The maximum Gasteiger partial charge on any atom is 0.176 e. The molecule has 5 nitrogen and oxygen atoms in total. The average Bonchev–Trinajstić information content (AvgIpc) is 3.65. The molecule has 1 aliphatic carbocycles. The van der Waals surface area contributed by atoms with E-state index in [1.807, 2.05) is 12.1 Å². The van der Waals surface area contributed by atoms with Gasteiger partial charge in [-0.3, -0.25) is 9.78 Å². The lowest BCUT2D eigenvalue weighted by Crippen LogP contribution is -2.31. The first-order valence-electron chi connectivity index (χ1n) is 10.9. The molecule has 0 spiro atoms. The largest absolute Gasteiger partial charge is 0.503 e. The number of carbonyl (C=O) groups is 1. The summed E-state index contributed by atoms with van der Waals surface area (Å²) >= 11 is 6.23. The summed E-state index contributed by atoms with van der Waals surface area (Å²) in [6.07, 6.45) is 7.20. The lowest BCUT2D eigenvalue weighted by Gasteiger charge is -2.31. The number of benzene rings is 2. The summed E-state index contributed by atoms with van der Waals surface area (Å²) < 4.78 is 5.28. The molecule has 2 aromatic carbocycles. The van der Waals surface area contributed by atoms with Gasteiger partial charge in [-0.2, -0.15) is 0 Å². The zero-order valence-corrected chi connectivity index (χ0v) is 18.3. The second-order valence-corrected chi connectivity index (χ2v) is 8.85. The van der Waals surface area contributed by atoms with Gasteiger partial charge in [0, 0.05) is 30.6 Å². The van der Waals surface area contributed by atoms with Gasteiger partial charge in [0.15, 0.2) is 17.3 Å². The highest BCUT2D eigenvalue weighted by Crippen LogP contribution is 2.42. The fraction of sp³-hybridized carbons (Fsp3) is 0.360. The normalized spacial score (nSPS) is 16.5. The van der Waals surface area contributed by atoms with Crippen LogP contribution in [-0.2, 0) is 0 Å². The van der Waals surface area contributed by atoms with Crippen molar-refractivity contribution in [2.75, 3.05) is 25.1 Å². The molecule has 160 valence electrons. The van der Waals surface area contributed by atoms with E-state index in [0.29, 0.717) is 5.75 Å². The molecule has 0 amide bonds. The summed E-state index contributed by atoms with van der Waals surface area (Å²) in [4.78, 5) is 20.1. The third-order valence-corrected chi connectivity index (χ3v) is 6.60. The van der Waals surface area contributed by atoms with Crippen LogP contribution in [0.3, 0.4) is 0 Å². The average molecular weight is 437 g/mol. The van der Waals surface area contributed by atoms with Gasteiger partial charge < -0.3 is 14.7 Å². The molecular formula is C25H25ClN2O3. The van der Waals surface area contributed by atoms with E-state index in [9.17, 15) is 9.90 Å². The van der Waals surface area contributed by atoms with Gasteiger partial charge in [-0.1, -0.05) is 17.7 Å². The van der Waals surface area contributed by atoms with E-state index in [2.05, 4.69) is 16.0 Å². The van der Waals surface area contributed by atoms with Gasteiger partial charge in [0.2, 0.25) is 0 Å². The second-order valence-electron chi connectivity index (χ2n) is 8.45. The lowest BCUT2D eigenvalue weighted by atomic mass is 9.97. The van der Waals surface area contributed by atoms with Crippen molar-refractivity contribution in [1.82, 2.24) is 4.98 Å². The predicted octanol–water partition coefficient (Wildman–Crippen LogP) is 5.85. The number of hydrogen-bond acceptors (Lipinski definition) is 5. The summed E-state index contributed by atoms with van der Waals surface area (Å²) in [5, 5.41) is 11.3. The molecule has 0 bridgehead atoms. The minimum Gasteiger partial charge on any atom is -0.503 e. The number of phenolic OH excluding ortho intramolecular Hbond substituents is 1. The Morgan fingerprint density at radius 3 is 2.61 bits per heavy atom. The molecule has 0 atom stereocenters. The Labute approximate surface area is 186 Å². The van der Waals surface area contributed by atoms with E-state index in [1.54, 1.807) is 18.3 Å². The lowest BCUT2D eigenvalue weighted by molar-refractivity contribution is 0.0968. The summed E-state index contributed by atoms with van der Waals surface area (Å²) in [5.74, 6) is 0.622. The van der Waals surface area contributed by atoms with Crippen LogP contribution >= 0.6 is 11.6 Å². The number of ketones is 1. The Hall–Kier alpha value is -2.79. The van der Waals surface area contributed by atoms with E-state index >= 15 is 0 Å². The highest BCUT2D eigenvalue weighted by Gasteiger charge is 2.33.